The normalized spacial score (nSPS) is 25.6. The number of amides is 1. The number of ketones is 1. The number of aromatic nitrogens is 3. The van der Waals surface area contributed by atoms with Crippen LogP contribution < -0.4 is 5.32 Å². The third-order valence-corrected chi connectivity index (χ3v) is 5.46. The van der Waals surface area contributed by atoms with Crippen molar-refractivity contribution in [1.29, 1.82) is 0 Å². The lowest BCUT2D eigenvalue weighted by molar-refractivity contribution is -0.137. The van der Waals surface area contributed by atoms with E-state index >= 15 is 0 Å². The quantitative estimate of drug-likeness (QED) is 0.928. The molecule has 2 saturated carbocycles. The Morgan fingerprint density at radius 1 is 1.20 bits per heavy atom. The first kappa shape index (κ1) is 16.0. The maximum atomic E-state index is 12.6. The molecule has 2 aliphatic rings. The molecule has 2 atom stereocenters. The second kappa shape index (κ2) is 6.78. The van der Waals surface area contributed by atoms with E-state index in [9.17, 15) is 9.59 Å². The first-order valence-electron chi connectivity index (χ1n) is 8.97. The van der Waals surface area contributed by atoms with Gasteiger partial charge in [-0.15, -0.1) is 0 Å². The summed E-state index contributed by atoms with van der Waals surface area (Å²) < 4.78 is 1.70. The minimum atomic E-state index is -0.0437. The van der Waals surface area contributed by atoms with Crippen molar-refractivity contribution in [1.82, 2.24) is 20.1 Å². The molecule has 2 bridgehead atoms. The second-order valence-corrected chi connectivity index (χ2v) is 7.05. The standard InChI is InChI=1S/C19H22N4O2/c24-17-13-4-1-5-14(17)11-16(10-13)19(25)21-12-15-6-2-7-20-18(15)23-9-3-8-22-23/h2-3,6-9,13-14,16H,1,4-5,10-12H2,(H,21,25). The van der Waals surface area contributed by atoms with Crippen molar-refractivity contribution >= 4 is 11.7 Å². The monoisotopic (exact) mass is 338 g/mol. The van der Waals surface area contributed by atoms with E-state index < -0.39 is 0 Å². The molecule has 0 radical (unpaired) electrons. The van der Waals surface area contributed by atoms with Gasteiger partial charge in [0.2, 0.25) is 5.91 Å². The third kappa shape index (κ3) is 3.21. The molecule has 0 spiro atoms. The van der Waals surface area contributed by atoms with Crippen LogP contribution in [0.3, 0.4) is 0 Å². The highest BCUT2D eigenvalue weighted by atomic mass is 16.2. The third-order valence-electron chi connectivity index (χ3n) is 5.46. The molecular formula is C19H22N4O2. The number of pyridine rings is 1. The fourth-order valence-electron chi connectivity index (χ4n) is 4.19. The summed E-state index contributed by atoms with van der Waals surface area (Å²) >= 11 is 0. The summed E-state index contributed by atoms with van der Waals surface area (Å²) in [6.45, 7) is 0.418. The molecule has 130 valence electrons. The average Bonchev–Trinajstić information content (AvgIpc) is 3.14. The highest BCUT2D eigenvalue weighted by Gasteiger charge is 2.41. The van der Waals surface area contributed by atoms with Crippen molar-refractivity contribution in [2.24, 2.45) is 17.8 Å². The molecule has 0 aromatic carbocycles. The Hall–Kier alpha value is -2.50. The van der Waals surface area contributed by atoms with Crippen LogP contribution in [0.2, 0.25) is 0 Å². The van der Waals surface area contributed by atoms with Crippen LogP contribution >= 0.6 is 0 Å². The summed E-state index contributed by atoms with van der Waals surface area (Å²) in [6, 6.07) is 5.65. The van der Waals surface area contributed by atoms with Gasteiger partial charge in [-0.1, -0.05) is 12.5 Å². The van der Waals surface area contributed by atoms with Gasteiger partial charge in [0.1, 0.15) is 5.78 Å². The summed E-state index contributed by atoms with van der Waals surface area (Å²) in [5.41, 5.74) is 0.923. The smallest absolute Gasteiger partial charge is 0.223 e. The van der Waals surface area contributed by atoms with Crippen LogP contribution in [-0.4, -0.2) is 26.5 Å². The predicted octanol–water partition coefficient (Wildman–Crippen LogP) is 2.28. The Morgan fingerprint density at radius 2 is 2.00 bits per heavy atom. The summed E-state index contributed by atoms with van der Waals surface area (Å²) in [5.74, 6) is 1.33. The van der Waals surface area contributed by atoms with Gasteiger partial charge in [0.25, 0.3) is 0 Å². The first-order valence-corrected chi connectivity index (χ1v) is 8.97. The Labute approximate surface area is 146 Å². The molecule has 1 amide bonds. The average molecular weight is 338 g/mol. The predicted molar refractivity (Wildman–Crippen MR) is 91.8 cm³/mol. The molecule has 0 aliphatic heterocycles. The molecule has 6 heteroatoms. The summed E-state index contributed by atoms with van der Waals surface area (Å²) in [6.07, 6.45) is 9.70. The lowest BCUT2D eigenvalue weighted by Crippen LogP contribution is -2.42. The van der Waals surface area contributed by atoms with E-state index in [0.29, 0.717) is 25.2 Å². The molecule has 4 rings (SSSR count). The molecule has 2 heterocycles. The van der Waals surface area contributed by atoms with Crippen molar-refractivity contribution in [2.75, 3.05) is 0 Å². The van der Waals surface area contributed by atoms with Gasteiger partial charge in [-0.2, -0.15) is 5.10 Å². The van der Waals surface area contributed by atoms with Crippen LogP contribution in [0.4, 0.5) is 0 Å². The van der Waals surface area contributed by atoms with Crippen LogP contribution in [0.1, 0.15) is 37.7 Å². The van der Waals surface area contributed by atoms with Gasteiger partial charge in [-0.05, 0) is 37.8 Å². The van der Waals surface area contributed by atoms with Gasteiger partial charge in [0.15, 0.2) is 5.82 Å². The number of rotatable bonds is 4. The zero-order valence-corrected chi connectivity index (χ0v) is 14.1. The number of carbonyl (C=O) groups is 2. The van der Waals surface area contributed by atoms with E-state index in [2.05, 4.69) is 15.4 Å². The fraction of sp³-hybridized carbons (Fsp3) is 0.474. The number of hydrogen-bond donors (Lipinski definition) is 1. The fourth-order valence-corrected chi connectivity index (χ4v) is 4.19. The highest BCUT2D eigenvalue weighted by Crippen LogP contribution is 2.40. The lowest BCUT2D eigenvalue weighted by atomic mass is 9.67. The molecule has 25 heavy (non-hydrogen) atoms. The van der Waals surface area contributed by atoms with Crippen LogP contribution in [0.25, 0.3) is 5.82 Å². The molecular weight excluding hydrogens is 316 g/mol. The van der Waals surface area contributed by atoms with Gasteiger partial charge in [-0.3, -0.25) is 9.59 Å². The minimum Gasteiger partial charge on any atom is -0.352 e. The molecule has 2 aromatic heterocycles. The van der Waals surface area contributed by atoms with Crippen LogP contribution in [0.5, 0.6) is 0 Å². The van der Waals surface area contributed by atoms with E-state index in [0.717, 1.165) is 30.6 Å². The van der Waals surface area contributed by atoms with E-state index in [1.807, 2.05) is 24.4 Å². The first-order chi connectivity index (χ1) is 12.2. The van der Waals surface area contributed by atoms with E-state index in [1.54, 1.807) is 17.1 Å². The van der Waals surface area contributed by atoms with E-state index in [1.165, 1.54) is 0 Å². The summed E-state index contributed by atoms with van der Waals surface area (Å²) in [4.78, 5) is 29.2. The van der Waals surface area contributed by atoms with Gasteiger partial charge in [0, 0.05) is 48.5 Å². The van der Waals surface area contributed by atoms with Crippen molar-refractivity contribution in [3.8, 4) is 5.82 Å². The van der Waals surface area contributed by atoms with Gasteiger partial charge >= 0.3 is 0 Å². The van der Waals surface area contributed by atoms with Crippen LogP contribution in [-0.2, 0) is 16.1 Å². The number of hydrogen-bond acceptors (Lipinski definition) is 4. The maximum absolute atomic E-state index is 12.6. The Morgan fingerprint density at radius 3 is 2.72 bits per heavy atom. The number of Topliss-reactive ketones (excluding diaryl/α,β-unsaturated/α-hetero) is 1. The Balaban J connectivity index is 1.42. The number of fused-ring (bicyclic) bond motifs is 2. The second-order valence-electron chi connectivity index (χ2n) is 7.05. The highest BCUT2D eigenvalue weighted by molar-refractivity contribution is 5.88. The molecule has 2 aliphatic carbocycles. The number of nitrogens with one attached hydrogen (secondary N) is 1. The van der Waals surface area contributed by atoms with Gasteiger partial charge in [-0.25, -0.2) is 9.67 Å². The molecule has 2 aromatic rings. The van der Waals surface area contributed by atoms with Crippen molar-refractivity contribution in [3.05, 3.63) is 42.4 Å². The zero-order chi connectivity index (χ0) is 17.2. The number of carbonyl (C=O) groups excluding carboxylic acids is 2. The van der Waals surface area contributed by atoms with E-state index in [4.69, 9.17) is 0 Å². The lowest BCUT2D eigenvalue weighted by Gasteiger charge is -2.36. The van der Waals surface area contributed by atoms with Crippen molar-refractivity contribution in [2.45, 2.75) is 38.6 Å². The van der Waals surface area contributed by atoms with Gasteiger partial charge in [0.05, 0.1) is 0 Å². The van der Waals surface area contributed by atoms with Crippen molar-refractivity contribution in [3.63, 3.8) is 0 Å². The topological polar surface area (TPSA) is 76.9 Å². The Kier molecular flexibility index (Phi) is 4.34. The summed E-state index contributed by atoms with van der Waals surface area (Å²) in [7, 11) is 0. The molecule has 2 fully saturated rings. The number of nitrogens with zero attached hydrogens (tertiary/aromatic N) is 3. The minimum absolute atomic E-state index is 0.0437. The summed E-state index contributed by atoms with van der Waals surface area (Å²) in [5, 5.41) is 7.26. The van der Waals surface area contributed by atoms with E-state index in [-0.39, 0.29) is 23.7 Å². The van der Waals surface area contributed by atoms with Crippen molar-refractivity contribution < 1.29 is 9.59 Å². The molecule has 2 unspecified atom stereocenters. The molecule has 0 saturated heterocycles. The molecule has 1 N–H and O–H groups in total. The largest absolute Gasteiger partial charge is 0.352 e. The van der Waals surface area contributed by atoms with Crippen LogP contribution in [0.15, 0.2) is 36.8 Å². The van der Waals surface area contributed by atoms with Gasteiger partial charge < -0.3 is 5.32 Å². The molecule has 6 nitrogen and oxygen atoms in total. The maximum Gasteiger partial charge on any atom is 0.223 e. The van der Waals surface area contributed by atoms with Crippen LogP contribution in [0, 0.1) is 17.8 Å². The Bertz CT molecular complexity index is 755. The zero-order valence-electron chi connectivity index (χ0n) is 14.1. The SMILES string of the molecule is O=C(NCc1cccnc1-n1cccn1)C1CC2CCCC(C1)C2=O.